The molecule has 0 spiro atoms. The van der Waals surface area contributed by atoms with Crippen LogP contribution in [0.4, 0.5) is 0 Å². The molecule has 1 amide bonds. The molecule has 4 nitrogen and oxygen atoms in total. The lowest BCUT2D eigenvalue weighted by Crippen LogP contribution is -2.52. The number of benzene rings is 1. The van der Waals surface area contributed by atoms with Crippen molar-refractivity contribution in [3.05, 3.63) is 35.4 Å². The van der Waals surface area contributed by atoms with Crippen molar-refractivity contribution in [3.8, 4) is 0 Å². The van der Waals surface area contributed by atoms with Gasteiger partial charge in [-0.1, -0.05) is 24.3 Å². The minimum absolute atomic E-state index is 0.106. The Morgan fingerprint density at radius 1 is 1.39 bits per heavy atom. The number of aliphatic hydroxyl groups is 1. The van der Waals surface area contributed by atoms with E-state index in [1.54, 1.807) is 7.05 Å². The first-order valence-electron chi connectivity index (χ1n) is 6.21. The smallest absolute Gasteiger partial charge is 0.240 e. The second-order valence-corrected chi connectivity index (χ2v) is 5.30. The number of fused-ring (bicyclic) bond motifs is 1. The second-order valence-electron chi connectivity index (χ2n) is 5.30. The molecule has 0 aliphatic heterocycles. The molecular formula is C14H20N2O2. The van der Waals surface area contributed by atoms with Gasteiger partial charge in [-0.05, 0) is 32.0 Å². The van der Waals surface area contributed by atoms with Gasteiger partial charge in [-0.25, -0.2) is 0 Å². The lowest BCUT2D eigenvalue weighted by atomic mass is 10.0. The molecular weight excluding hydrogens is 228 g/mol. The summed E-state index contributed by atoms with van der Waals surface area (Å²) >= 11 is 0. The van der Waals surface area contributed by atoms with Crippen LogP contribution in [0.1, 0.15) is 31.0 Å². The van der Waals surface area contributed by atoms with Crippen molar-refractivity contribution < 1.29 is 9.90 Å². The highest BCUT2D eigenvalue weighted by Crippen LogP contribution is 2.31. The van der Waals surface area contributed by atoms with Gasteiger partial charge in [-0.15, -0.1) is 0 Å². The first kappa shape index (κ1) is 13.1. The number of hydrogen-bond acceptors (Lipinski definition) is 3. The Balaban J connectivity index is 2.18. The van der Waals surface area contributed by atoms with E-state index in [9.17, 15) is 9.90 Å². The molecule has 1 aromatic carbocycles. The van der Waals surface area contributed by atoms with Gasteiger partial charge in [-0.3, -0.25) is 4.79 Å². The summed E-state index contributed by atoms with van der Waals surface area (Å²) in [5.74, 6) is -0.106. The Kier molecular flexibility index (Phi) is 3.41. The van der Waals surface area contributed by atoms with E-state index in [1.165, 1.54) is 0 Å². The molecule has 0 fully saturated rings. The first-order valence-corrected chi connectivity index (χ1v) is 6.21. The van der Waals surface area contributed by atoms with Gasteiger partial charge in [0.25, 0.3) is 0 Å². The van der Waals surface area contributed by atoms with Gasteiger partial charge in [-0.2, -0.15) is 0 Å². The summed E-state index contributed by atoms with van der Waals surface area (Å²) in [4.78, 5) is 12.1. The molecule has 1 aliphatic carbocycles. The maximum absolute atomic E-state index is 12.1. The molecule has 3 N–H and O–H groups in total. The zero-order valence-corrected chi connectivity index (χ0v) is 11.0. The maximum atomic E-state index is 12.1. The van der Waals surface area contributed by atoms with Crippen LogP contribution in [0.3, 0.4) is 0 Å². The van der Waals surface area contributed by atoms with Crippen LogP contribution >= 0.6 is 0 Å². The van der Waals surface area contributed by atoms with Crippen LogP contribution in [0.15, 0.2) is 24.3 Å². The monoisotopic (exact) mass is 248 g/mol. The van der Waals surface area contributed by atoms with Gasteiger partial charge in [0.05, 0.1) is 17.7 Å². The highest BCUT2D eigenvalue weighted by molar-refractivity contribution is 5.85. The van der Waals surface area contributed by atoms with E-state index in [4.69, 9.17) is 0 Å². The van der Waals surface area contributed by atoms with E-state index < -0.39 is 11.6 Å². The zero-order valence-electron chi connectivity index (χ0n) is 11.0. The summed E-state index contributed by atoms with van der Waals surface area (Å²) in [5.41, 5.74) is 1.49. The fourth-order valence-electron chi connectivity index (χ4n) is 2.18. The lowest BCUT2D eigenvalue weighted by molar-refractivity contribution is -0.127. The van der Waals surface area contributed by atoms with Gasteiger partial charge in [0.15, 0.2) is 0 Å². The number of carbonyl (C=O) groups is 1. The summed E-state index contributed by atoms with van der Waals surface area (Å²) in [6.07, 6.45) is 0.0557. The van der Waals surface area contributed by atoms with Crippen LogP contribution in [-0.2, 0) is 11.2 Å². The summed E-state index contributed by atoms with van der Waals surface area (Å²) in [6, 6.07) is 7.53. The fraction of sp³-hybridized carbons (Fsp3) is 0.500. The Bertz CT molecular complexity index is 457. The molecule has 98 valence electrons. The largest absolute Gasteiger partial charge is 0.390 e. The molecule has 4 heteroatoms. The summed E-state index contributed by atoms with van der Waals surface area (Å²) < 4.78 is 0. The third-order valence-corrected chi connectivity index (χ3v) is 3.68. The van der Waals surface area contributed by atoms with E-state index in [0.29, 0.717) is 6.42 Å². The number of carbonyl (C=O) groups excluding carboxylic acids is 1. The molecule has 0 bridgehead atoms. The highest BCUT2D eigenvalue weighted by atomic mass is 16.3. The van der Waals surface area contributed by atoms with Gasteiger partial charge in [0, 0.05) is 6.42 Å². The summed E-state index contributed by atoms with van der Waals surface area (Å²) in [5, 5.41) is 15.9. The normalized spacial score (nSPS) is 22.7. The van der Waals surface area contributed by atoms with Crippen molar-refractivity contribution in [2.45, 2.75) is 38.0 Å². The highest BCUT2D eigenvalue weighted by Gasteiger charge is 2.35. The molecule has 1 aliphatic rings. The van der Waals surface area contributed by atoms with E-state index in [1.807, 2.05) is 38.1 Å². The standard InChI is InChI=1S/C14H20N2O2/c1-14(2,15-3)13(18)16-12-10-7-5-4-6-9(10)8-11(12)17/h4-7,11-12,15,17H,8H2,1-3H3,(H,16,18)/t11-,12+/m1/s1. The Morgan fingerprint density at radius 3 is 2.72 bits per heavy atom. The fourth-order valence-corrected chi connectivity index (χ4v) is 2.18. The molecule has 0 aromatic heterocycles. The predicted octanol–water partition coefficient (Wildman–Crippen LogP) is 0.759. The zero-order chi connectivity index (χ0) is 13.3. The first-order chi connectivity index (χ1) is 8.45. The van der Waals surface area contributed by atoms with E-state index in [-0.39, 0.29) is 11.9 Å². The van der Waals surface area contributed by atoms with Crippen molar-refractivity contribution in [3.63, 3.8) is 0 Å². The van der Waals surface area contributed by atoms with E-state index in [2.05, 4.69) is 10.6 Å². The van der Waals surface area contributed by atoms with Crippen molar-refractivity contribution in [2.24, 2.45) is 0 Å². The Morgan fingerprint density at radius 2 is 2.06 bits per heavy atom. The number of aliphatic hydroxyl groups excluding tert-OH is 1. The van der Waals surface area contributed by atoms with Crippen molar-refractivity contribution in [2.75, 3.05) is 7.05 Å². The third-order valence-electron chi connectivity index (χ3n) is 3.68. The third kappa shape index (κ3) is 2.26. The number of likely N-dealkylation sites (N-methyl/N-ethyl adjacent to an activating group) is 1. The van der Waals surface area contributed by atoms with E-state index >= 15 is 0 Å². The topological polar surface area (TPSA) is 61.4 Å². The number of hydrogen-bond donors (Lipinski definition) is 3. The van der Waals surface area contributed by atoms with Crippen LogP contribution in [-0.4, -0.2) is 29.7 Å². The van der Waals surface area contributed by atoms with Crippen LogP contribution in [0.5, 0.6) is 0 Å². The van der Waals surface area contributed by atoms with Gasteiger partial charge in [0.2, 0.25) is 5.91 Å². The van der Waals surface area contributed by atoms with Crippen molar-refractivity contribution >= 4 is 5.91 Å². The number of nitrogens with one attached hydrogen (secondary N) is 2. The van der Waals surface area contributed by atoms with E-state index in [0.717, 1.165) is 11.1 Å². The molecule has 2 atom stereocenters. The average molecular weight is 248 g/mol. The second kappa shape index (κ2) is 4.71. The summed E-state index contributed by atoms with van der Waals surface area (Å²) in [6.45, 7) is 3.63. The number of amides is 1. The summed E-state index contributed by atoms with van der Waals surface area (Å²) in [7, 11) is 1.75. The molecule has 0 saturated heterocycles. The van der Waals surface area contributed by atoms with Gasteiger partial charge >= 0.3 is 0 Å². The predicted molar refractivity (Wildman–Crippen MR) is 70.2 cm³/mol. The molecule has 18 heavy (non-hydrogen) atoms. The minimum atomic E-state index is -0.642. The Labute approximate surface area is 107 Å². The van der Waals surface area contributed by atoms with Crippen LogP contribution < -0.4 is 10.6 Å². The van der Waals surface area contributed by atoms with Crippen molar-refractivity contribution in [1.82, 2.24) is 10.6 Å². The Hall–Kier alpha value is -1.39. The van der Waals surface area contributed by atoms with Gasteiger partial charge < -0.3 is 15.7 Å². The van der Waals surface area contributed by atoms with Crippen LogP contribution in [0, 0.1) is 0 Å². The minimum Gasteiger partial charge on any atom is -0.390 e. The average Bonchev–Trinajstić information content (AvgIpc) is 2.66. The van der Waals surface area contributed by atoms with Crippen LogP contribution in [0.25, 0.3) is 0 Å². The molecule has 0 radical (unpaired) electrons. The molecule has 1 aromatic rings. The van der Waals surface area contributed by atoms with Crippen LogP contribution in [0.2, 0.25) is 0 Å². The maximum Gasteiger partial charge on any atom is 0.240 e. The molecule has 0 saturated carbocycles. The SMILES string of the molecule is CNC(C)(C)C(=O)N[C@H]1c2ccccc2C[C@H]1O. The quantitative estimate of drug-likeness (QED) is 0.740. The molecule has 2 rings (SSSR count). The lowest BCUT2D eigenvalue weighted by Gasteiger charge is -2.27. The molecule has 0 heterocycles. The van der Waals surface area contributed by atoms with Gasteiger partial charge in [0.1, 0.15) is 0 Å². The number of rotatable bonds is 3. The van der Waals surface area contributed by atoms with Crippen molar-refractivity contribution in [1.29, 1.82) is 0 Å². The molecule has 0 unspecified atom stereocenters.